The number of ketones is 1. The van der Waals surface area contributed by atoms with Gasteiger partial charge < -0.3 is 4.74 Å². The zero-order chi connectivity index (χ0) is 12.0. The van der Waals surface area contributed by atoms with Gasteiger partial charge in [-0.3, -0.25) is 14.5 Å². The quantitative estimate of drug-likeness (QED) is 0.588. The molecule has 1 fully saturated rings. The maximum Gasteiger partial charge on any atom is 0.306 e. The van der Waals surface area contributed by atoms with Gasteiger partial charge in [0.1, 0.15) is 5.78 Å². The van der Waals surface area contributed by atoms with Crippen molar-refractivity contribution in [1.82, 2.24) is 4.90 Å². The lowest BCUT2D eigenvalue weighted by Gasteiger charge is -2.18. The summed E-state index contributed by atoms with van der Waals surface area (Å²) >= 11 is 0. The first-order valence-corrected chi connectivity index (χ1v) is 6.08. The van der Waals surface area contributed by atoms with Crippen LogP contribution in [0.25, 0.3) is 0 Å². The molecule has 0 amide bonds. The lowest BCUT2D eigenvalue weighted by Crippen LogP contribution is -2.31. The molecule has 1 rings (SSSR count). The van der Waals surface area contributed by atoms with E-state index in [0.29, 0.717) is 25.6 Å². The van der Waals surface area contributed by atoms with Crippen LogP contribution >= 0.6 is 0 Å². The van der Waals surface area contributed by atoms with Gasteiger partial charge >= 0.3 is 5.97 Å². The number of carbonyl (C=O) groups excluding carboxylic acids is 2. The normalized spacial score (nSPS) is 15.2. The van der Waals surface area contributed by atoms with Crippen molar-refractivity contribution in [2.45, 2.75) is 45.6 Å². The van der Waals surface area contributed by atoms with E-state index in [2.05, 4.69) is 11.8 Å². The summed E-state index contributed by atoms with van der Waals surface area (Å²) in [4.78, 5) is 24.9. The van der Waals surface area contributed by atoms with Crippen LogP contribution in [0, 0.1) is 0 Å². The van der Waals surface area contributed by atoms with Gasteiger partial charge in [0, 0.05) is 12.5 Å². The fourth-order valence-electron chi connectivity index (χ4n) is 1.72. The lowest BCUT2D eigenvalue weighted by molar-refractivity contribution is -0.144. The first-order valence-electron chi connectivity index (χ1n) is 6.08. The van der Waals surface area contributed by atoms with Crippen LogP contribution in [0.3, 0.4) is 0 Å². The zero-order valence-corrected chi connectivity index (χ0v) is 10.2. The highest BCUT2D eigenvalue weighted by molar-refractivity contribution is 5.84. The number of ether oxygens (including phenoxy) is 1. The van der Waals surface area contributed by atoms with Crippen molar-refractivity contribution < 1.29 is 14.3 Å². The molecule has 1 aliphatic carbocycles. The Labute approximate surface area is 96.9 Å². The van der Waals surface area contributed by atoms with E-state index in [-0.39, 0.29) is 18.2 Å². The van der Waals surface area contributed by atoms with Gasteiger partial charge in [0.2, 0.25) is 0 Å². The van der Waals surface area contributed by atoms with Crippen molar-refractivity contribution in [2.24, 2.45) is 0 Å². The van der Waals surface area contributed by atoms with Crippen LogP contribution in [0.4, 0.5) is 0 Å². The maximum atomic E-state index is 11.6. The molecule has 0 aliphatic heterocycles. The van der Waals surface area contributed by atoms with Crippen molar-refractivity contribution in [2.75, 3.05) is 19.7 Å². The second-order valence-electron chi connectivity index (χ2n) is 4.14. The number of hydrogen-bond donors (Lipinski definition) is 0. The first kappa shape index (κ1) is 13.2. The van der Waals surface area contributed by atoms with Gasteiger partial charge in [-0.05, 0) is 26.3 Å². The molecule has 0 aromatic heterocycles. The number of likely N-dealkylation sites (N-methyl/N-ethyl adjacent to an activating group) is 1. The molecule has 4 heteroatoms. The topological polar surface area (TPSA) is 46.6 Å². The van der Waals surface area contributed by atoms with Crippen LogP contribution in [-0.2, 0) is 14.3 Å². The van der Waals surface area contributed by atoms with Crippen molar-refractivity contribution in [3.63, 3.8) is 0 Å². The van der Waals surface area contributed by atoms with E-state index in [1.165, 1.54) is 12.8 Å². The van der Waals surface area contributed by atoms with Gasteiger partial charge in [0.05, 0.1) is 19.6 Å². The van der Waals surface area contributed by atoms with E-state index in [1.807, 2.05) is 0 Å². The van der Waals surface area contributed by atoms with Crippen LogP contribution in [-0.4, -0.2) is 42.4 Å². The summed E-state index contributed by atoms with van der Waals surface area (Å²) in [5, 5.41) is 0. The highest BCUT2D eigenvalue weighted by Crippen LogP contribution is 2.26. The van der Waals surface area contributed by atoms with E-state index < -0.39 is 0 Å². The average molecular weight is 227 g/mol. The Morgan fingerprint density at radius 1 is 1.25 bits per heavy atom. The highest BCUT2D eigenvalue weighted by Gasteiger charge is 2.28. The van der Waals surface area contributed by atoms with Crippen LogP contribution in [0.15, 0.2) is 0 Å². The van der Waals surface area contributed by atoms with Gasteiger partial charge in [-0.25, -0.2) is 0 Å². The van der Waals surface area contributed by atoms with Gasteiger partial charge in [-0.1, -0.05) is 6.92 Å². The Hall–Kier alpha value is -0.900. The number of rotatable bonds is 8. The van der Waals surface area contributed by atoms with Crippen molar-refractivity contribution >= 4 is 11.8 Å². The van der Waals surface area contributed by atoms with E-state index in [4.69, 9.17) is 4.74 Å². The smallest absolute Gasteiger partial charge is 0.306 e. The summed E-state index contributed by atoms with van der Waals surface area (Å²) in [5.74, 6) is -0.132. The predicted molar refractivity (Wildman–Crippen MR) is 61.1 cm³/mol. The van der Waals surface area contributed by atoms with Gasteiger partial charge in [0.15, 0.2) is 0 Å². The number of esters is 1. The Morgan fingerprint density at radius 3 is 2.44 bits per heavy atom. The summed E-state index contributed by atoms with van der Waals surface area (Å²) < 4.78 is 4.78. The van der Waals surface area contributed by atoms with E-state index in [9.17, 15) is 9.59 Å². The molecule has 0 bridgehead atoms. The molecular formula is C12H21NO3. The molecule has 0 radical (unpaired) electrons. The molecule has 92 valence electrons. The minimum Gasteiger partial charge on any atom is -0.466 e. The van der Waals surface area contributed by atoms with Gasteiger partial charge in [0.25, 0.3) is 0 Å². The molecule has 0 spiro atoms. The van der Waals surface area contributed by atoms with Crippen molar-refractivity contribution in [3.8, 4) is 0 Å². The lowest BCUT2D eigenvalue weighted by atomic mass is 10.2. The fourth-order valence-corrected chi connectivity index (χ4v) is 1.72. The Morgan fingerprint density at radius 2 is 1.94 bits per heavy atom. The number of carbonyl (C=O) groups is 2. The average Bonchev–Trinajstić information content (AvgIpc) is 3.07. The minimum atomic E-state index is -0.273. The molecule has 0 N–H and O–H groups in total. The monoisotopic (exact) mass is 227 g/mol. The number of hydrogen-bond acceptors (Lipinski definition) is 4. The largest absolute Gasteiger partial charge is 0.466 e. The highest BCUT2D eigenvalue weighted by atomic mass is 16.5. The molecule has 4 nitrogen and oxygen atoms in total. The van der Waals surface area contributed by atoms with E-state index >= 15 is 0 Å². The second-order valence-corrected chi connectivity index (χ2v) is 4.14. The SMILES string of the molecule is CCOC(=O)CCC(=O)CN(CC)C1CC1. The third kappa shape index (κ3) is 4.75. The predicted octanol–water partition coefficient (Wildman–Crippen LogP) is 1.38. The summed E-state index contributed by atoms with van der Waals surface area (Å²) in [6, 6.07) is 0.608. The standard InChI is InChI=1S/C12H21NO3/c1-3-13(10-5-6-10)9-11(14)7-8-12(15)16-4-2/h10H,3-9H2,1-2H3. The van der Waals surface area contributed by atoms with Crippen molar-refractivity contribution in [3.05, 3.63) is 0 Å². The number of Topliss-reactive ketones (excluding diaryl/α,β-unsaturated/α-hetero) is 1. The molecule has 0 atom stereocenters. The first-order chi connectivity index (χ1) is 7.67. The molecular weight excluding hydrogens is 206 g/mol. The third-order valence-corrected chi connectivity index (χ3v) is 2.76. The van der Waals surface area contributed by atoms with Crippen molar-refractivity contribution in [1.29, 1.82) is 0 Å². The third-order valence-electron chi connectivity index (χ3n) is 2.76. The fraction of sp³-hybridized carbons (Fsp3) is 0.833. The van der Waals surface area contributed by atoms with Gasteiger partial charge in [-0.2, -0.15) is 0 Å². The Balaban J connectivity index is 2.16. The molecule has 0 saturated heterocycles. The summed E-state index contributed by atoms with van der Waals surface area (Å²) in [6.07, 6.45) is 2.94. The Kier molecular flexibility index (Phi) is 5.46. The van der Waals surface area contributed by atoms with Crippen LogP contribution in [0.1, 0.15) is 39.5 Å². The molecule has 16 heavy (non-hydrogen) atoms. The van der Waals surface area contributed by atoms with Crippen LogP contribution < -0.4 is 0 Å². The summed E-state index contributed by atoms with van der Waals surface area (Å²) in [5.41, 5.74) is 0. The maximum absolute atomic E-state index is 11.6. The molecule has 0 aromatic carbocycles. The molecule has 0 aromatic rings. The Bertz CT molecular complexity index is 249. The van der Waals surface area contributed by atoms with Crippen LogP contribution in [0.5, 0.6) is 0 Å². The zero-order valence-electron chi connectivity index (χ0n) is 10.2. The minimum absolute atomic E-state index is 0.141. The molecule has 1 saturated carbocycles. The molecule has 0 unspecified atom stereocenters. The molecule has 1 aliphatic rings. The van der Waals surface area contributed by atoms with Gasteiger partial charge in [-0.15, -0.1) is 0 Å². The van der Waals surface area contributed by atoms with E-state index in [1.54, 1.807) is 6.92 Å². The van der Waals surface area contributed by atoms with E-state index in [0.717, 1.165) is 6.54 Å². The summed E-state index contributed by atoms with van der Waals surface area (Å²) in [6.45, 7) is 5.62. The second kappa shape index (κ2) is 6.63. The summed E-state index contributed by atoms with van der Waals surface area (Å²) in [7, 11) is 0. The van der Waals surface area contributed by atoms with Crippen LogP contribution in [0.2, 0.25) is 0 Å². The molecule has 0 heterocycles. The number of nitrogens with zero attached hydrogens (tertiary/aromatic N) is 1.